The van der Waals surface area contributed by atoms with Gasteiger partial charge in [-0.2, -0.15) is 5.26 Å². The van der Waals surface area contributed by atoms with E-state index in [0.717, 1.165) is 45.4 Å². The molecule has 5 aromatic rings. The summed E-state index contributed by atoms with van der Waals surface area (Å²) >= 11 is 0. The van der Waals surface area contributed by atoms with Gasteiger partial charge in [0, 0.05) is 22.0 Å². The first-order valence-corrected chi connectivity index (χ1v) is 10.4. The maximum absolute atomic E-state index is 14.3. The lowest BCUT2D eigenvalue weighted by Gasteiger charge is -2.09. The Morgan fingerprint density at radius 3 is 2.32 bits per heavy atom. The fraction of sp³-hybridized carbons (Fsp3) is 0.0357. The van der Waals surface area contributed by atoms with Gasteiger partial charge in [0.1, 0.15) is 5.75 Å². The molecule has 0 unspecified atom stereocenters. The number of allylic oxidation sites excluding steroid dienone is 1. The Kier molecular flexibility index (Phi) is 5.31. The zero-order valence-corrected chi connectivity index (χ0v) is 18.0. The second-order valence-electron chi connectivity index (χ2n) is 7.72. The minimum absolute atomic E-state index is 0.102. The van der Waals surface area contributed by atoms with Crippen molar-refractivity contribution in [1.29, 1.82) is 5.26 Å². The van der Waals surface area contributed by atoms with Crippen LogP contribution in [0.2, 0.25) is 0 Å². The molecule has 6 heteroatoms. The van der Waals surface area contributed by atoms with Gasteiger partial charge in [0.25, 0.3) is 0 Å². The molecule has 0 N–H and O–H groups in total. The van der Waals surface area contributed by atoms with Crippen molar-refractivity contribution in [3.8, 4) is 17.5 Å². The van der Waals surface area contributed by atoms with Gasteiger partial charge in [0.2, 0.25) is 0 Å². The second kappa shape index (κ2) is 8.45. The van der Waals surface area contributed by atoms with Crippen molar-refractivity contribution in [3.63, 3.8) is 0 Å². The van der Waals surface area contributed by atoms with Crippen molar-refractivity contribution in [1.82, 2.24) is 4.57 Å². The zero-order chi connectivity index (χ0) is 23.8. The number of nitriles is 1. The molecule has 4 aromatic carbocycles. The van der Waals surface area contributed by atoms with Crippen LogP contribution in [-0.2, 0) is 0 Å². The van der Waals surface area contributed by atoms with E-state index in [9.17, 15) is 18.4 Å². The van der Waals surface area contributed by atoms with Gasteiger partial charge in [-0.3, -0.25) is 0 Å². The van der Waals surface area contributed by atoms with Crippen LogP contribution < -0.4 is 4.74 Å². The van der Waals surface area contributed by atoms with E-state index in [0.29, 0.717) is 5.56 Å². The summed E-state index contributed by atoms with van der Waals surface area (Å²) in [4.78, 5) is 0. The predicted molar refractivity (Wildman–Crippen MR) is 127 cm³/mol. The molecule has 0 aliphatic heterocycles. The molecule has 34 heavy (non-hydrogen) atoms. The van der Waals surface area contributed by atoms with E-state index in [-0.39, 0.29) is 11.1 Å². The first-order valence-electron chi connectivity index (χ1n) is 10.4. The molecule has 0 saturated heterocycles. The van der Waals surface area contributed by atoms with E-state index in [2.05, 4.69) is 4.57 Å². The lowest BCUT2D eigenvalue weighted by atomic mass is 10.0. The second-order valence-corrected chi connectivity index (χ2v) is 7.72. The highest BCUT2D eigenvalue weighted by molar-refractivity contribution is 6.10. The molecule has 5 rings (SSSR count). The first kappa shape index (κ1) is 21.4. The Morgan fingerprint density at radius 2 is 1.59 bits per heavy atom. The number of para-hydroxylation sites is 1. The molecule has 1 heterocycles. The van der Waals surface area contributed by atoms with E-state index in [4.69, 9.17) is 4.74 Å². The Balaban J connectivity index is 1.69. The predicted octanol–water partition coefficient (Wildman–Crippen LogP) is 7.27. The Hall–Kier alpha value is -4.50. The molecule has 166 valence electrons. The van der Waals surface area contributed by atoms with E-state index in [1.54, 1.807) is 13.2 Å². The van der Waals surface area contributed by atoms with Crippen LogP contribution >= 0.6 is 0 Å². The lowest BCUT2D eigenvalue weighted by Crippen LogP contribution is -1.96. The Bertz CT molecular complexity index is 1630. The van der Waals surface area contributed by atoms with E-state index in [1.165, 1.54) is 6.08 Å². The molecule has 0 fully saturated rings. The molecule has 0 radical (unpaired) electrons. The highest BCUT2D eigenvalue weighted by atomic mass is 19.2. The van der Waals surface area contributed by atoms with Crippen LogP contribution in [0.3, 0.4) is 0 Å². The maximum Gasteiger partial charge on any atom is 0.195 e. The largest absolute Gasteiger partial charge is 0.497 e. The van der Waals surface area contributed by atoms with Gasteiger partial charge >= 0.3 is 0 Å². The van der Waals surface area contributed by atoms with Crippen LogP contribution in [0.5, 0.6) is 5.75 Å². The van der Waals surface area contributed by atoms with Crippen molar-refractivity contribution >= 4 is 33.5 Å². The van der Waals surface area contributed by atoms with Crippen molar-refractivity contribution in [3.05, 3.63) is 107 Å². The standard InChI is InChI=1S/C28H17F3N2O/c1-34-20-9-7-19(8-10-20)33-25-5-3-2-4-22(25)23-15-17(6-13-26(23)33)14-18(16-32)21-11-12-24(29)28(31)27(21)30/h2-15H,1H3. The van der Waals surface area contributed by atoms with Crippen LogP contribution in [0.1, 0.15) is 11.1 Å². The number of benzene rings is 4. The fourth-order valence-electron chi connectivity index (χ4n) is 4.16. The van der Waals surface area contributed by atoms with E-state index < -0.39 is 17.5 Å². The SMILES string of the molecule is COc1ccc(-n2c3ccccc3c3cc(C=C(C#N)c4ccc(F)c(F)c4F)ccc32)cc1. The molecular formula is C28H17F3N2O. The number of hydrogen-bond donors (Lipinski definition) is 0. The molecule has 3 nitrogen and oxygen atoms in total. The van der Waals surface area contributed by atoms with Crippen molar-refractivity contribution in [2.75, 3.05) is 7.11 Å². The van der Waals surface area contributed by atoms with Crippen molar-refractivity contribution in [2.45, 2.75) is 0 Å². The summed E-state index contributed by atoms with van der Waals surface area (Å²) in [6.45, 7) is 0. The quantitative estimate of drug-likeness (QED) is 0.163. The van der Waals surface area contributed by atoms with Crippen LogP contribution in [0.25, 0.3) is 39.1 Å². The van der Waals surface area contributed by atoms with Crippen molar-refractivity contribution < 1.29 is 17.9 Å². The highest BCUT2D eigenvalue weighted by Gasteiger charge is 2.17. The molecule has 0 aliphatic carbocycles. The van der Waals surface area contributed by atoms with Crippen LogP contribution in [0.4, 0.5) is 13.2 Å². The zero-order valence-electron chi connectivity index (χ0n) is 18.0. The number of halogens is 3. The third kappa shape index (κ3) is 3.48. The number of aromatic nitrogens is 1. The van der Waals surface area contributed by atoms with Gasteiger partial charge in [-0.05, 0) is 66.2 Å². The molecular weight excluding hydrogens is 437 g/mol. The van der Waals surface area contributed by atoms with Gasteiger partial charge in [0.05, 0.1) is 29.8 Å². The Morgan fingerprint density at radius 1 is 0.853 bits per heavy atom. The summed E-state index contributed by atoms with van der Waals surface area (Å²) in [7, 11) is 1.62. The lowest BCUT2D eigenvalue weighted by molar-refractivity contribution is 0.415. The Labute approximate surface area is 193 Å². The van der Waals surface area contributed by atoms with E-state index >= 15 is 0 Å². The van der Waals surface area contributed by atoms with Crippen LogP contribution in [0, 0.1) is 28.8 Å². The van der Waals surface area contributed by atoms with Gasteiger partial charge in [-0.25, -0.2) is 13.2 Å². The number of methoxy groups -OCH3 is 1. The number of rotatable bonds is 4. The van der Waals surface area contributed by atoms with E-state index in [1.807, 2.05) is 66.7 Å². The monoisotopic (exact) mass is 454 g/mol. The summed E-state index contributed by atoms with van der Waals surface area (Å²) in [6, 6.07) is 25.0. The first-order chi connectivity index (χ1) is 16.5. The summed E-state index contributed by atoms with van der Waals surface area (Å²) in [5, 5.41) is 11.5. The maximum atomic E-state index is 14.3. The number of hydrogen-bond acceptors (Lipinski definition) is 2. The summed E-state index contributed by atoms with van der Waals surface area (Å²) in [5.41, 5.74) is 3.14. The minimum Gasteiger partial charge on any atom is -0.497 e. The molecule has 0 amide bonds. The number of nitrogens with zero attached hydrogens (tertiary/aromatic N) is 2. The third-order valence-corrected chi connectivity index (χ3v) is 5.78. The molecule has 0 spiro atoms. The van der Waals surface area contributed by atoms with Crippen LogP contribution in [-0.4, -0.2) is 11.7 Å². The van der Waals surface area contributed by atoms with Gasteiger partial charge in [-0.1, -0.05) is 24.3 Å². The number of fused-ring (bicyclic) bond motifs is 3. The molecule has 0 aliphatic rings. The normalized spacial score (nSPS) is 11.7. The number of ether oxygens (including phenoxy) is 1. The molecule has 1 aromatic heterocycles. The van der Waals surface area contributed by atoms with Gasteiger partial charge < -0.3 is 9.30 Å². The average Bonchev–Trinajstić information content (AvgIpc) is 3.20. The minimum atomic E-state index is -1.60. The molecule has 0 bridgehead atoms. The molecule has 0 saturated carbocycles. The third-order valence-electron chi connectivity index (χ3n) is 5.78. The topological polar surface area (TPSA) is 38.0 Å². The van der Waals surface area contributed by atoms with Crippen LogP contribution in [0.15, 0.2) is 78.9 Å². The summed E-state index contributed by atoms with van der Waals surface area (Å²) in [5.74, 6) is -3.53. The average molecular weight is 454 g/mol. The molecule has 0 atom stereocenters. The smallest absolute Gasteiger partial charge is 0.195 e. The van der Waals surface area contributed by atoms with Gasteiger partial charge in [0.15, 0.2) is 17.5 Å². The highest BCUT2D eigenvalue weighted by Crippen LogP contribution is 2.34. The van der Waals surface area contributed by atoms with Gasteiger partial charge in [-0.15, -0.1) is 0 Å². The fourth-order valence-corrected chi connectivity index (χ4v) is 4.16. The summed E-state index contributed by atoms with van der Waals surface area (Å²) < 4.78 is 48.7. The van der Waals surface area contributed by atoms with Crippen molar-refractivity contribution in [2.24, 2.45) is 0 Å². The summed E-state index contributed by atoms with van der Waals surface area (Å²) in [6.07, 6.45) is 1.47.